The van der Waals surface area contributed by atoms with Gasteiger partial charge in [-0.2, -0.15) is 0 Å². The minimum atomic E-state index is -3.68. The van der Waals surface area contributed by atoms with E-state index >= 15 is 0 Å². The van der Waals surface area contributed by atoms with Gasteiger partial charge >= 0.3 is 0 Å². The number of benzene rings is 2. The van der Waals surface area contributed by atoms with Gasteiger partial charge in [-0.3, -0.25) is 4.72 Å². The number of hydrogen-bond acceptors (Lipinski definition) is 5. The molecule has 2 aromatic carbocycles. The topological polar surface area (TPSA) is 80.3 Å². The molecule has 0 bridgehead atoms. The molecular weight excluding hydrogens is 374 g/mol. The van der Waals surface area contributed by atoms with E-state index in [4.69, 9.17) is 4.74 Å². The summed E-state index contributed by atoms with van der Waals surface area (Å²) < 4.78 is 32.9. The summed E-state index contributed by atoms with van der Waals surface area (Å²) in [5.41, 5.74) is 2.79. The Bertz CT molecular complexity index is 1020. The molecule has 3 rings (SSSR count). The molecule has 0 fully saturated rings. The third-order valence-electron chi connectivity index (χ3n) is 4.18. The van der Waals surface area contributed by atoms with Gasteiger partial charge in [-0.15, -0.1) is 0 Å². The first-order valence-corrected chi connectivity index (χ1v) is 10.5. The maximum absolute atomic E-state index is 12.5. The summed E-state index contributed by atoms with van der Waals surface area (Å²) >= 11 is 0. The largest absolute Gasteiger partial charge is 0.494 e. The lowest BCUT2D eigenvalue weighted by Gasteiger charge is -2.11. The highest BCUT2D eigenvalue weighted by molar-refractivity contribution is 7.92. The summed E-state index contributed by atoms with van der Waals surface area (Å²) in [7, 11) is -3.68. The van der Waals surface area contributed by atoms with Gasteiger partial charge in [-0.25, -0.2) is 13.4 Å². The van der Waals surface area contributed by atoms with Crippen molar-refractivity contribution in [2.24, 2.45) is 0 Å². The second-order valence-corrected chi connectivity index (χ2v) is 7.90. The van der Waals surface area contributed by atoms with Gasteiger partial charge in [-0.05, 0) is 61.4 Å². The predicted molar refractivity (Wildman–Crippen MR) is 111 cm³/mol. The van der Waals surface area contributed by atoms with Crippen molar-refractivity contribution >= 4 is 21.5 Å². The van der Waals surface area contributed by atoms with E-state index in [1.807, 2.05) is 19.1 Å². The van der Waals surface area contributed by atoms with Crippen LogP contribution in [-0.2, 0) is 16.6 Å². The molecule has 0 aliphatic heterocycles. The fourth-order valence-electron chi connectivity index (χ4n) is 2.65. The van der Waals surface area contributed by atoms with Gasteiger partial charge in [0, 0.05) is 6.54 Å². The van der Waals surface area contributed by atoms with Gasteiger partial charge in [0.05, 0.1) is 23.4 Å². The highest BCUT2D eigenvalue weighted by Gasteiger charge is 2.14. The van der Waals surface area contributed by atoms with Gasteiger partial charge in [0.2, 0.25) is 0 Å². The zero-order chi connectivity index (χ0) is 20.0. The summed E-state index contributed by atoms with van der Waals surface area (Å²) in [6.07, 6.45) is 1.49. The van der Waals surface area contributed by atoms with E-state index in [9.17, 15) is 8.42 Å². The zero-order valence-corrected chi connectivity index (χ0v) is 16.7. The van der Waals surface area contributed by atoms with Crippen LogP contribution in [0.5, 0.6) is 5.75 Å². The number of pyridine rings is 1. The fourth-order valence-corrected chi connectivity index (χ4v) is 3.69. The number of aryl methyl sites for hydroxylation is 1. The van der Waals surface area contributed by atoms with Crippen molar-refractivity contribution in [2.75, 3.05) is 16.6 Å². The van der Waals surface area contributed by atoms with E-state index in [2.05, 4.69) is 34.1 Å². The number of aromatic nitrogens is 1. The van der Waals surface area contributed by atoms with Crippen molar-refractivity contribution in [3.05, 3.63) is 78.0 Å². The molecule has 0 amide bonds. The summed E-state index contributed by atoms with van der Waals surface area (Å²) in [5.74, 6) is 1.31. The van der Waals surface area contributed by atoms with Crippen LogP contribution in [0.3, 0.4) is 0 Å². The first kappa shape index (κ1) is 19.7. The van der Waals surface area contributed by atoms with E-state index in [0.717, 1.165) is 0 Å². The van der Waals surface area contributed by atoms with Gasteiger partial charge in [-0.1, -0.05) is 24.3 Å². The standard InChI is InChI=1S/C21H23N3O3S/c1-3-27-19-9-11-20(12-10-19)28(25,26)24-18-8-13-21(23-15-18)22-14-17-7-5-4-6-16(17)2/h4-13,15,24H,3,14H2,1-2H3,(H,22,23). The molecule has 0 spiro atoms. The molecule has 0 radical (unpaired) electrons. The van der Waals surface area contributed by atoms with Gasteiger partial charge in [0.1, 0.15) is 11.6 Å². The smallest absolute Gasteiger partial charge is 0.261 e. The molecule has 0 unspecified atom stereocenters. The molecule has 1 heterocycles. The Hall–Kier alpha value is -3.06. The lowest BCUT2D eigenvalue weighted by molar-refractivity contribution is 0.340. The Labute approximate surface area is 165 Å². The number of nitrogens with zero attached hydrogens (tertiary/aromatic N) is 1. The Morgan fingerprint density at radius 1 is 1.00 bits per heavy atom. The van der Waals surface area contributed by atoms with E-state index in [-0.39, 0.29) is 4.90 Å². The number of ether oxygens (including phenoxy) is 1. The minimum absolute atomic E-state index is 0.165. The molecule has 0 aliphatic rings. The van der Waals surface area contributed by atoms with Crippen molar-refractivity contribution in [1.29, 1.82) is 0 Å². The van der Waals surface area contributed by atoms with Crippen LogP contribution in [0.15, 0.2) is 71.8 Å². The van der Waals surface area contributed by atoms with Crippen LogP contribution in [0, 0.1) is 6.92 Å². The number of hydrogen-bond donors (Lipinski definition) is 2. The Morgan fingerprint density at radius 3 is 2.39 bits per heavy atom. The average molecular weight is 398 g/mol. The van der Waals surface area contributed by atoms with Crippen molar-refractivity contribution in [3.63, 3.8) is 0 Å². The second kappa shape index (κ2) is 8.75. The van der Waals surface area contributed by atoms with Gasteiger partial charge in [0.25, 0.3) is 10.0 Å². The molecule has 146 valence electrons. The summed E-state index contributed by atoms with van der Waals surface area (Å²) in [6.45, 7) is 5.11. The van der Waals surface area contributed by atoms with Crippen molar-refractivity contribution < 1.29 is 13.2 Å². The highest BCUT2D eigenvalue weighted by Crippen LogP contribution is 2.20. The zero-order valence-electron chi connectivity index (χ0n) is 15.8. The quantitative estimate of drug-likeness (QED) is 0.595. The van der Waals surface area contributed by atoms with Crippen molar-refractivity contribution in [3.8, 4) is 5.75 Å². The van der Waals surface area contributed by atoms with Crippen LogP contribution in [0.1, 0.15) is 18.1 Å². The number of rotatable bonds is 8. The van der Waals surface area contributed by atoms with Crippen LogP contribution < -0.4 is 14.8 Å². The van der Waals surface area contributed by atoms with E-state index in [1.165, 1.54) is 29.5 Å². The second-order valence-electron chi connectivity index (χ2n) is 6.22. The SMILES string of the molecule is CCOc1ccc(S(=O)(=O)Nc2ccc(NCc3ccccc3C)nc2)cc1. The maximum atomic E-state index is 12.5. The molecular formula is C21H23N3O3S. The predicted octanol–water partition coefficient (Wildman–Crippen LogP) is 4.20. The lowest BCUT2D eigenvalue weighted by Crippen LogP contribution is -2.13. The normalized spacial score (nSPS) is 11.1. The Balaban J connectivity index is 1.63. The summed E-state index contributed by atoms with van der Waals surface area (Å²) in [6, 6.07) is 17.8. The number of sulfonamides is 1. The minimum Gasteiger partial charge on any atom is -0.494 e. The molecule has 28 heavy (non-hydrogen) atoms. The summed E-state index contributed by atoms with van der Waals surface area (Å²) in [4.78, 5) is 4.45. The molecule has 0 atom stereocenters. The Kier molecular flexibility index (Phi) is 6.16. The van der Waals surface area contributed by atoms with Crippen LogP contribution in [0.25, 0.3) is 0 Å². The van der Waals surface area contributed by atoms with E-state index in [0.29, 0.717) is 30.4 Å². The van der Waals surface area contributed by atoms with Gasteiger partial charge in [0.15, 0.2) is 0 Å². The summed E-state index contributed by atoms with van der Waals surface area (Å²) in [5, 5.41) is 3.24. The van der Waals surface area contributed by atoms with Crippen molar-refractivity contribution in [1.82, 2.24) is 4.98 Å². The fraction of sp³-hybridized carbons (Fsp3) is 0.190. The molecule has 6 nitrogen and oxygen atoms in total. The van der Waals surface area contributed by atoms with Crippen molar-refractivity contribution in [2.45, 2.75) is 25.3 Å². The average Bonchev–Trinajstić information content (AvgIpc) is 2.69. The maximum Gasteiger partial charge on any atom is 0.261 e. The molecule has 1 aromatic heterocycles. The van der Waals surface area contributed by atoms with Crippen LogP contribution in [-0.4, -0.2) is 20.0 Å². The molecule has 0 saturated heterocycles. The van der Waals surface area contributed by atoms with Gasteiger partial charge < -0.3 is 10.1 Å². The number of nitrogens with one attached hydrogen (secondary N) is 2. The third kappa shape index (κ3) is 5.01. The molecule has 0 aliphatic carbocycles. The van der Waals surface area contributed by atoms with E-state index < -0.39 is 10.0 Å². The first-order chi connectivity index (χ1) is 13.5. The van der Waals surface area contributed by atoms with Crippen LogP contribution in [0.4, 0.5) is 11.5 Å². The Morgan fingerprint density at radius 2 is 1.75 bits per heavy atom. The van der Waals surface area contributed by atoms with Crippen LogP contribution >= 0.6 is 0 Å². The molecule has 3 aromatic rings. The highest BCUT2D eigenvalue weighted by atomic mass is 32.2. The first-order valence-electron chi connectivity index (χ1n) is 8.98. The number of anilines is 2. The third-order valence-corrected chi connectivity index (χ3v) is 5.58. The monoisotopic (exact) mass is 397 g/mol. The molecule has 7 heteroatoms. The molecule has 0 saturated carbocycles. The van der Waals surface area contributed by atoms with Crippen LogP contribution in [0.2, 0.25) is 0 Å². The lowest BCUT2D eigenvalue weighted by atomic mass is 10.1. The molecule has 2 N–H and O–H groups in total. The van der Waals surface area contributed by atoms with E-state index in [1.54, 1.807) is 24.3 Å².